The van der Waals surface area contributed by atoms with Crippen LogP contribution in [0.2, 0.25) is 5.02 Å². The number of hydrogen-bond donors (Lipinski definition) is 2. The van der Waals surface area contributed by atoms with Crippen molar-refractivity contribution in [2.75, 3.05) is 0 Å². The minimum Gasteiger partial charge on any atom is -0.478 e. The second-order valence-corrected chi connectivity index (χ2v) is 4.18. The number of carboxylic acids is 1. The second-order valence-electron chi connectivity index (χ2n) is 3.74. The van der Waals surface area contributed by atoms with Gasteiger partial charge in [0, 0.05) is 10.4 Å². The van der Waals surface area contributed by atoms with E-state index in [1.165, 1.54) is 0 Å². The van der Waals surface area contributed by atoms with Crippen LogP contribution >= 0.6 is 11.6 Å². The molecule has 0 atom stereocenters. The average Bonchev–Trinajstić information content (AvgIpc) is 2.74. The molecule has 2 aromatic heterocycles. The maximum atomic E-state index is 11.7. The van der Waals surface area contributed by atoms with Crippen molar-refractivity contribution in [3.8, 4) is 0 Å². The number of halogens is 1. The summed E-state index contributed by atoms with van der Waals surface area (Å²) in [7, 11) is 0. The van der Waals surface area contributed by atoms with Crippen molar-refractivity contribution in [3.63, 3.8) is 0 Å². The molecular formula is C11H6ClN3O3. The van der Waals surface area contributed by atoms with Crippen molar-refractivity contribution in [1.82, 2.24) is 14.6 Å². The molecule has 3 aromatic rings. The van der Waals surface area contributed by atoms with Crippen LogP contribution in [-0.2, 0) is 0 Å². The van der Waals surface area contributed by atoms with Gasteiger partial charge in [0.15, 0.2) is 0 Å². The van der Waals surface area contributed by atoms with Crippen LogP contribution in [0.25, 0.3) is 16.4 Å². The first kappa shape index (κ1) is 10.8. The fraction of sp³-hybridized carbons (Fsp3) is 0. The van der Waals surface area contributed by atoms with Crippen LogP contribution in [0.3, 0.4) is 0 Å². The normalized spacial score (nSPS) is 11.2. The predicted octanol–water partition coefficient (Wildman–Crippen LogP) is 1.53. The zero-order valence-electron chi connectivity index (χ0n) is 8.85. The topological polar surface area (TPSA) is 87.5 Å². The molecule has 6 nitrogen and oxygen atoms in total. The molecule has 0 spiro atoms. The molecule has 0 aliphatic carbocycles. The number of benzene rings is 1. The fourth-order valence-corrected chi connectivity index (χ4v) is 2.08. The van der Waals surface area contributed by atoms with E-state index in [0.29, 0.717) is 15.9 Å². The molecule has 18 heavy (non-hydrogen) atoms. The molecule has 2 N–H and O–H groups in total. The van der Waals surface area contributed by atoms with E-state index in [1.807, 2.05) is 0 Å². The van der Waals surface area contributed by atoms with Crippen LogP contribution in [0.4, 0.5) is 0 Å². The van der Waals surface area contributed by atoms with Crippen molar-refractivity contribution in [1.29, 1.82) is 0 Å². The molecule has 3 rings (SSSR count). The van der Waals surface area contributed by atoms with E-state index >= 15 is 0 Å². The Balaban J connectivity index is 2.62. The molecule has 2 heterocycles. The Hall–Kier alpha value is -2.34. The molecule has 0 aliphatic heterocycles. The molecule has 90 valence electrons. The largest absolute Gasteiger partial charge is 0.478 e. The van der Waals surface area contributed by atoms with Crippen LogP contribution in [0.5, 0.6) is 0 Å². The lowest BCUT2D eigenvalue weighted by Gasteiger charge is -2.02. The molecule has 7 heteroatoms. The van der Waals surface area contributed by atoms with E-state index in [1.54, 1.807) is 18.2 Å². The summed E-state index contributed by atoms with van der Waals surface area (Å²) in [5, 5.41) is 13.9. The highest BCUT2D eigenvalue weighted by Gasteiger charge is 2.16. The summed E-state index contributed by atoms with van der Waals surface area (Å²) < 4.78 is 1.03. The second kappa shape index (κ2) is 3.58. The summed E-state index contributed by atoms with van der Waals surface area (Å²) in [5.41, 5.74) is 0.210. The van der Waals surface area contributed by atoms with E-state index in [9.17, 15) is 9.59 Å². The van der Waals surface area contributed by atoms with Gasteiger partial charge in [-0.05, 0) is 18.2 Å². The van der Waals surface area contributed by atoms with Gasteiger partial charge in [0.1, 0.15) is 5.56 Å². The molecule has 0 saturated heterocycles. The number of fused-ring (bicyclic) bond motifs is 3. The molecule has 0 radical (unpaired) electrons. The average molecular weight is 264 g/mol. The molecule has 0 bridgehead atoms. The van der Waals surface area contributed by atoms with Crippen molar-refractivity contribution >= 4 is 34.0 Å². The summed E-state index contributed by atoms with van der Waals surface area (Å²) in [6.07, 6.45) is 1.15. The van der Waals surface area contributed by atoms with Crippen LogP contribution in [0.1, 0.15) is 10.4 Å². The van der Waals surface area contributed by atoms with Gasteiger partial charge in [0.05, 0.1) is 17.2 Å². The first-order valence-electron chi connectivity index (χ1n) is 5.00. The van der Waals surface area contributed by atoms with Crippen molar-refractivity contribution in [2.45, 2.75) is 0 Å². The van der Waals surface area contributed by atoms with Gasteiger partial charge in [0.25, 0.3) is 0 Å². The number of aromatic carboxylic acids is 1. The number of carbonyl (C=O) groups is 1. The van der Waals surface area contributed by atoms with E-state index in [-0.39, 0.29) is 11.1 Å². The number of carboxylic acid groups (broad SMARTS) is 1. The molecule has 0 amide bonds. The van der Waals surface area contributed by atoms with Crippen molar-refractivity contribution in [2.24, 2.45) is 0 Å². The third-order valence-corrected chi connectivity index (χ3v) is 2.91. The molecule has 0 saturated carbocycles. The number of nitrogens with zero attached hydrogens (tertiary/aromatic N) is 2. The van der Waals surface area contributed by atoms with Gasteiger partial charge in [-0.2, -0.15) is 9.61 Å². The summed E-state index contributed by atoms with van der Waals surface area (Å²) in [4.78, 5) is 25.4. The van der Waals surface area contributed by atoms with Crippen molar-refractivity contribution in [3.05, 3.63) is 45.5 Å². The quantitative estimate of drug-likeness (QED) is 0.697. The number of H-pyrrole nitrogens is 1. The minimum absolute atomic E-state index is 0.0200. The highest BCUT2D eigenvalue weighted by atomic mass is 35.5. The molecule has 0 fully saturated rings. The summed E-state index contributed by atoms with van der Waals surface area (Å²) in [6.45, 7) is 0. The van der Waals surface area contributed by atoms with Crippen LogP contribution in [-0.4, -0.2) is 25.7 Å². The van der Waals surface area contributed by atoms with Crippen LogP contribution < -0.4 is 5.69 Å². The van der Waals surface area contributed by atoms with E-state index in [0.717, 1.165) is 10.7 Å². The van der Waals surface area contributed by atoms with E-state index in [2.05, 4.69) is 10.1 Å². The fourth-order valence-electron chi connectivity index (χ4n) is 1.91. The Bertz CT molecular complexity index is 850. The Morgan fingerprint density at radius 1 is 1.44 bits per heavy atom. The van der Waals surface area contributed by atoms with Gasteiger partial charge >= 0.3 is 11.7 Å². The highest BCUT2D eigenvalue weighted by Crippen LogP contribution is 2.22. The third-order valence-electron chi connectivity index (χ3n) is 2.67. The monoisotopic (exact) mass is 263 g/mol. The van der Waals surface area contributed by atoms with E-state index < -0.39 is 11.7 Å². The lowest BCUT2D eigenvalue weighted by atomic mass is 10.1. The number of aromatic amines is 1. The van der Waals surface area contributed by atoms with Gasteiger partial charge in [-0.3, -0.25) is 0 Å². The zero-order chi connectivity index (χ0) is 12.9. The van der Waals surface area contributed by atoms with Gasteiger partial charge in [-0.1, -0.05) is 11.6 Å². The standard InChI is InChI=1S/C11H6ClN3O3/c12-5-1-2-6-8(3-5)14-11(18)15-9(6)7(4-13-15)10(16)17/h1-4H,(H,14,18)(H,16,17). The highest BCUT2D eigenvalue weighted by molar-refractivity contribution is 6.31. The lowest BCUT2D eigenvalue weighted by Crippen LogP contribution is -2.17. The molecular weight excluding hydrogens is 258 g/mol. The third kappa shape index (κ3) is 1.39. The maximum Gasteiger partial charge on any atom is 0.347 e. The Morgan fingerprint density at radius 3 is 2.94 bits per heavy atom. The maximum absolute atomic E-state index is 11.7. The Morgan fingerprint density at radius 2 is 2.22 bits per heavy atom. The molecule has 0 unspecified atom stereocenters. The first-order valence-corrected chi connectivity index (χ1v) is 5.38. The predicted molar refractivity (Wildman–Crippen MR) is 65.3 cm³/mol. The Labute approximate surface area is 104 Å². The van der Waals surface area contributed by atoms with Gasteiger partial charge in [0.2, 0.25) is 0 Å². The zero-order valence-corrected chi connectivity index (χ0v) is 9.60. The first-order chi connectivity index (χ1) is 8.58. The SMILES string of the molecule is O=C(O)c1cnn2c(=O)[nH]c3cc(Cl)ccc3c12. The van der Waals surface area contributed by atoms with Gasteiger partial charge < -0.3 is 10.1 Å². The minimum atomic E-state index is -1.13. The van der Waals surface area contributed by atoms with Gasteiger partial charge in [-0.25, -0.2) is 9.59 Å². The summed E-state index contributed by atoms with van der Waals surface area (Å²) >= 11 is 5.84. The van der Waals surface area contributed by atoms with Gasteiger partial charge in [-0.15, -0.1) is 0 Å². The molecule has 1 aromatic carbocycles. The smallest absolute Gasteiger partial charge is 0.347 e. The van der Waals surface area contributed by atoms with Crippen LogP contribution in [0.15, 0.2) is 29.2 Å². The summed E-state index contributed by atoms with van der Waals surface area (Å²) in [6, 6.07) is 4.84. The molecule has 0 aliphatic rings. The number of aromatic nitrogens is 3. The summed E-state index contributed by atoms with van der Waals surface area (Å²) in [5.74, 6) is -1.13. The Kier molecular flexibility index (Phi) is 2.14. The van der Waals surface area contributed by atoms with Crippen LogP contribution in [0, 0.1) is 0 Å². The lowest BCUT2D eigenvalue weighted by molar-refractivity contribution is 0.0699. The van der Waals surface area contributed by atoms with Crippen molar-refractivity contribution < 1.29 is 9.90 Å². The number of rotatable bonds is 1. The number of nitrogens with one attached hydrogen (secondary N) is 1. The number of hydrogen-bond acceptors (Lipinski definition) is 3. The van der Waals surface area contributed by atoms with E-state index in [4.69, 9.17) is 16.7 Å².